The lowest BCUT2D eigenvalue weighted by Crippen LogP contribution is -2.22. The molecule has 2 aromatic rings. The Labute approximate surface area is 187 Å². The first kappa shape index (κ1) is 25.6. The maximum absolute atomic E-state index is 12.3. The summed E-state index contributed by atoms with van der Waals surface area (Å²) in [6.45, 7) is 3.75. The second-order valence-electron chi connectivity index (χ2n) is 6.43. The third kappa shape index (κ3) is 7.44. The summed E-state index contributed by atoms with van der Waals surface area (Å²) in [7, 11) is 0. The number of aryl methyl sites for hydroxylation is 1. The molecule has 0 aliphatic carbocycles. The zero-order valence-corrected chi connectivity index (χ0v) is 18.7. The lowest BCUT2D eigenvalue weighted by molar-refractivity contribution is -0.116. The van der Waals surface area contributed by atoms with Gasteiger partial charge in [0.05, 0.1) is 6.54 Å². The molecule has 162 valence electrons. The SMILES string of the molecule is C/C(=C(/CCO)SCCC(=O)c1ccccc1)N(C=O)Cc1cnc(C)nc1N.Cl. The molecule has 1 amide bonds. The van der Waals surface area contributed by atoms with Gasteiger partial charge in [0.1, 0.15) is 11.6 Å². The van der Waals surface area contributed by atoms with E-state index in [0.29, 0.717) is 47.1 Å². The molecule has 0 aliphatic heterocycles. The van der Waals surface area contributed by atoms with Crippen molar-refractivity contribution < 1.29 is 14.7 Å². The van der Waals surface area contributed by atoms with Gasteiger partial charge >= 0.3 is 0 Å². The molecule has 0 bridgehead atoms. The molecule has 1 aromatic carbocycles. The Bertz CT molecular complexity index is 878. The number of thioether (sulfide) groups is 1. The number of benzene rings is 1. The van der Waals surface area contributed by atoms with Crippen LogP contribution in [-0.4, -0.2) is 44.5 Å². The fourth-order valence-electron chi connectivity index (χ4n) is 2.71. The van der Waals surface area contributed by atoms with E-state index in [4.69, 9.17) is 5.73 Å². The van der Waals surface area contributed by atoms with Gasteiger partial charge in [-0.25, -0.2) is 9.97 Å². The predicted octanol–water partition coefficient (Wildman–Crippen LogP) is 3.37. The van der Waals surface area contributed by atoms with E-state index in [2.05, 4.69) is 9.97 Å². The second-order valence-corrected chi connectivity index (χ2v) is 7.62. The van der Waals surface area contributed by atoms with E-state index in [9.17, 15) is 14.7 Å². The van der Waals surface area contributed by atoms with Crippen molar-refractivity contribution in [3.8, 4) is 0 Å². The van der Waals surface area contributed by atoms with Crippen LogP contribution in [0.1, 0.15) is 41.5 Å². The first-order valence-electron chi connectivity index (χ1n) is 9.27. The van der Waals surface area contributed by atoms with Gasteiger partial charge < -0.3 is 15.7 Å². The molecule has 7 nitrogen and oxygen atoms in total. The van der Waals surface area contributed by atoms with Crippen molar-refractivity contribution in [3.05, 3.63) is 64.1 Å². The smallest absolute Gasteiger partial charge is 0.214 e. The van der Waals surface area contributed by atoms with Crippen LogP contribution in [0.5, 0.6) is 0 Å². The molecule has 1 heterocycles. The summed E-state index contributed by atoms with van der Waals surface area (Å²) in [4.78, 5) is 34.6. The Morgan fingerprint density at radius 2 is 1.97 bits per heavy atom. The monoisotopic (exact) mass is 450 g/mol. The van der Waals surface area contributed by atoms with Crippen molar-refractivity contribution in [3.63, 3.8) is 0 Å². The fraction of sp³-hybridized carbons (Fsp3) is 0.333. The Hall–Kier alpha value is -2.42. The van der Waals surface area contributed by atoms with Crippen LogP contribution in [0.4, 0.5) is 5.82 Å². The molecule has 2 rings (SSSR count). The van der Waals surface area contributed by atoms with Gasteiger partial charge in [-0.2, -0.15) is 0 Å². The van der Waals surface area contributed by atoms with Crippen LogP contribution in [0.15, 0.2) is 47.1 Å². The summed E-state index contributed by atoms with van der Waals surface area (Å²) in [5.41, 5.74) is 7.98. The van der Waals surface area contributed by atoms with E-state index in [1.54, 1.807) is 25.3 Å². The van der Waals surface area contributed by atoms with Gasteiger partial charge in [-0.1, -0.05) is 30.3 Å². The summed E-state index contributed by atoms with van der Waals surface area (Å²) in [6, 6.07) is 9.14. The molecule has 0 spiro atoms. The minimum absolute atomic E-state index is 0. The number of hydrogen-bond donors (Lipinski definition) is 2. The van der Waals surface area contributed by atoms with Crippen molar-refractivity contribution in [2.24, 2.45) is 0 Å². The number of Topliss-reactive ketones (excluding diaryl/α,β-unsaturated/α-hetero) is 1. The van der Waals surface area contributed by atoms with Crippen molar-refractivity contribution in [2.45, 2.75) is 33.2 Å². The number of aliphatic hydroxyl groups excluding tert-OH is 1. The van der Waals surface area contributed by atoms with E-state index in [1.807, 2.05) is 25.1 Å². The standard InChI is InChI=1S/C21H26N4O3S.ClH/c1-15(25(14-27)13-18-12-23-16(2)24-21(18)22)20(8-10-26)29-11-9-19(28)17-6-4-3-5-7-17;/h3-7,12,14,26H,8-11,13H2,1-2H3,(H2,22,23,24);1H/b20-15+;. The number of ketones is 1. The summed E-state index contributed by atoms with van der Waals surface area (Å²) in [5.74, 6) is 1.52. The topological polar surface area (TPSA) is 109 Å². The summed E-state index contributed by atoms with van der Waals surface area (Å²) in [5, 5.41) is 9.43. The number of anilines is 1. The number of aliphatic hydroxyl groups is 1. The van der Waals surface area contributed by atoms with Crippen molar-refractivity contribution in [1.82, 2.24) is 14.9 Å². The van der Waals surface area contributed by atoms with Crippen molar-refractivity contribution in [1.29, 1.82) is 0 Å². The van der Waals surface area contributed by atoms with Crippen molar-refractivity contribution >= 4 is 42.2 Å². The Morgan fingerprint density at radius 3 is 2.57 bits per heavy atom. The maximum Gasteiger partial charge on any atom is 0.214 e. The fourth-order valence-corrected chi connectivity index (χ4v) is 3.80. The Kier molecular flexibility index (Phi) is 11.1. The number of amides is 1. The predicted molar refractivity (Wildman–Crippen MR) is 122 cm³/mol. The number of nitrogens with zero attached hydrogens (tertiary/aromatic N) is 3. The van der Waals surface area contributed by atoms with E-state index >= 15 is 0 Å². The lowest BCUT2D eigenvalue weighted by atomic mass is 10.1. The van der Waals surface area contributed by atoms with Crippen LogP contribution in [-0.2, 0) is 11.3 Å². The molecule has 0 saturated carbocycles. The van der Waals surface area contributed by atoms with Crippen LogP contribution in [0, 0.1) is 6.92 Å². The van der Waals surface area contributed by atoms with Gasteiger partial charge in [0.25, 0.3) is 0 Å². The highest BCUT2D eigenvalue weighted by atomic mass is 35.5. The van der Waals surface area contributed by atoms with Gasteiger partial charge in [-0.15, -0.1) is 24.2 Å². The number of allylic oxidation sites excluding steroid dienone is 1. The zero-order valence-electron chi connectivity index (χ0n) is 17.1. The largest absolute Gasteiger partial charge is 0.396 e. The molecule has 3 N–H and O–H groups in total. The van der Waals surface area contributed by atoms with Gasteiger partial charge in [0.15, 0.2) is 5.78 Å². The maximum atomic E-state index is 12.3. The molecule has 0 aliphatic rings. The number of aromatic nitrogens is 2. The number of hydrogen-bond acceptors (Lipinski definition) is 7. The highest BCUT2D eigenvalue weighted by molar-refractivity contribution is 8.03. The average molecular weight is 451 g/mol. The van der Waals surface area contributed by atoms with Crippen LogP contribution in [0.2, 0.25) is 0 Å². The summed E-state index contributed by atoms with van der Waals surface area (Å²) in [6.07, 6.45) is 3.11. The molecule has 0 radical (unpaired) electrons. The lowest BCUT2D eigenvalue weighted by Gasteiger charge is -2.22. The molecule has 0 unspecified atom stereocenters. The van der Waals surface area contributed by atoms with Gasteiger partial charge in [0.2, 0.25) is 6.41 Å². The average Bonchev–Trinajstić information content (AvgIpc) is 2.72. The number of carbonyl (C=O) groups excluding carboxylic acids is 2. The highest BCUT2D eigenvalue weighted by Crippen LogP contribution is 2.27. The number of nitrogen functional groups attached to an aromatic ring is 1. The minimum Gasteiger partial charge on any atom is -0.396 e. The molecule has 0 fully saturated rings. The molecule has 0 saturated heterocycles. The van der Waals surface area contributed by atoms with Crippen molar-refractivity contribution in [2.75, 3.05) is 18.1 Å². The van der Waals surface area contributed by atoms with Crippen LogP contribution in [0.25, 0.3) is 0 Å². The first-order chi connectivity index (χ1) is 14.0. The molecular formula is C21H27ClN4O3S. The van der Waals surface area contributed by atoms with E-state index in [1.165, 1.54) is 16.7 Å². The van der Waals surface area contributed by atoms with E-state index in [0.717, 1.165) is 11.3 Å². The Morgan fingerprint density at radius 1 is 1.27 bits per heavy atom. The number of nitrogens with two attached hydrogens (primary N) is 1. The third-order valence-corrected chi connectivity index (χ3v) is 5.62. The Balaban J connectivity index is 0.00000450. The summed E-state index contributed by atoms with van der Waals surface area (Å²) < 4.78 is 0. The van der Waals surface area contributed by atoms with Crippen LogP contribution >= 0.6 is 24.2 Å². The number of halogens is 1. The molecule has 1 aromatic heterocycles. The quantitative estimate of drug-likeness (QED) is 0.399. The third-order valence-electron chi connectivity index (χ3n) is 4.36. The molecular weight excluding hydrogens is 424 g/mol. The molecule has 30 heavy (non-hydrogen) atoms. The van der Waals surface area contributed by atoms with Gasteiger partial charge in [-0.3, -0.25) is 9.59 Å². The summed E-state index contributed by atoms with van der Waals surface area (Å²) >= 11 is 1.47. The van der Waals surface area contributed by atoms with E-state index in [-0.39, 0.29) is 31.3 Å². The van der Waals surface area contributed by atoms with Crippen LogP contribution in [0.3, 0.4) is 0 Å². The van der Waals surface area contributed by atoms with E-state index < -0.39 is 0 Å². The normalized spacial score (nSPS) is 11.3. The number of carbonyl (C=O) groups is 2. The van der Waals surface area contributed by atoms with Gasteiger partial charge in [-0.05, 0) is 13.8 Å². The van der Waals surface area contributed by atoms with Crippen LogP contribution < -0.4 is 5.73 Å². The molecule has 9 heteroatoms. The highest BCUT2D eigenvalue weighted by Gasteiger charge is 2.15. The minimum atomic E-state index is -0.0468. The molecule has 0 atom stereocenters. The zero-order chi connectivity index (χ0) is 21.2. The second kappa shape index (κ2) is 13.0. The first-order valence-corrected chi connectivity index (χ1v) is 10.3. The van der Waals surface area contributed by atoms with Gasteiger partial charge in [0, 0.05) is 53.1 Å². The number of rotatable bonds is 11.